The number of nitrogens with zero attached hydrogens (tertiary/aromatic N) is 1. The molecule has 21 heavy (non-hydrogen) atoms. The quantitative estimate of drug-likeness (QED) is 0.701. The summed E-state index contributed by atoms with van der Waals surface area (Å²) >= 11 is 3.37. The summed E-state index contributed by atoms with van der Waals surface area (Å²) in [5.74, 6) is -0.331. The highest BCUT2D eigenvalue weighted by atomic mass is 79.9. The normalized spacial score (nSPS) is 11.8. The molecule has 0 aliphatic heterocycles. The Labute approximate surface area is 134 Å². The van der Waals surface area contributed by atoms with E-state index in [-0.39, 0.29) is 24.3 Å². The van der Waals surface area contributed by atoms with Crippen LogP contribution in [-0.2, 0) is 9.53 Å². The third-order valence-corrected chi connectivity index (χ3v) is 3.81. The highest BCUT2D eigenvalue weighted by Crippen LogP contribution is 2.16. The van der Waals surface area contributed by atoms with Crippen molar-refractivity contribution in [1.82, 2.24) is 4.90 Å². The van der Waals surface area contributed by atoms with Gasteiger partial charge in [-0.1, -0.05) is 28.9 Å². The lowest BCUT2D eigenvalue weighted by Crippen LogP contribution is -2.39. The number of hydrogen-bond acceptors (Lipinski definition) is 3. The van der Waals surface area contributed by atoms with Crippen molar-refractivity contribution >= 4 is 27.8 Å². The Morgan fingerprint density at radius 3 is 2.62 bits per heavy atom. The molecule has 1 rings (SSSR count). The van der Waals surface area contributed by atoms with E-state index in [2.05, 4.69) is 15.9 Å². The van der Waals surface area contributed by atoms with E-state index >= 15 is 0 Å². The van der Waals surface area contributed by atoms with Gasteiger partial charge >= 0.3 is 5.97 Å². The van der Waals surface area contributed by atoms with Crippen molar-refractivity contribution in [2.24, 2.45) is 0 Å². The van der Waals surface area contributed by atoms with Gasteiger partial charge in [0.05, 0.1) is 13.0 Å². The van der Waals surface area contributed by atoms with Crippen LogP contribution in [0.25, 0.3) is 0 Å². The van der Waals surface area contributed by atoms with E-state index in [1.165, 1.54) is 0 Å². The van der Waals surface area contributed by atoms with Crippen LogP contribution in [-0.4, -0.2) is 36.0 Å². The van der Waals surface area contributed by atoms with Crippen LogP contribution in [0.2, 0.25) is 0 Å². The molecule has 0 saturated heterocycles. The number of halogens is 1. The number of benzene rings is 1. The van der Waals surface area contributed by atoms with Gasteiger partial charge in [0.25, 0.3) is 5.91 Å². The van der Waals surface area contributed by atoms with Crippen molar-refractivity contribution in [3.8, 4) is 0 Å². The van der Waals surface area contributed by atoms with Crippen molar-refractivity contribution in [1.29, 1.82) is 0 Å². The summed E-state index contributed by atoms with van der Waals surface area (Å²) in [6, 6.07) is 7.36. The summed E-state index contributed by atoms with van der Waals surface area (Å²) in [7, 11) is 0. The zero-order chi connectivity index (χ0) is 15.8. The van der Waals surface area contributed by atoms with Gasteiger partial charge in [-0.25, -0.2) is 0 Å². The highest BCUT2D eigenvalue weighted by Gasteiger charge is 2.21. The molecule has 0 aliphatic carbocycles. The largest absolute Gasteiger partial charge is 0.466 e. The smallest absolute Gasteiger partial charge is 0.307 e. The fraction of sp³-hybridized carbons (Fsp3) is 0.500. The third kappa shape index (κ3) is 5.50. The average molecular weight is 356 g/mol. The minimum Gasteiger partial charge on any atom is -0.466 e. The van der Waals surface area contributed by atoms with Gasteiger partial charge in [0.2, 0.25) is 0 Å². The van der Waals surface area contributed by atoms with Crippen molar-refractivity contribution in [2.45, 2.75) is 39.7 Å². The van der Waals surface area contributed by atoms with E-state index in [1.54, 1.807) is 24.0 Å². The first-order chi connectivity index (χ1) is 9.99. The Hall–Kier alpha value is -1.36. The van der Waals surface area contributed by atoms with Gasteiger partial charge in [-0.15, -0.1) is 0 Å². The van der Waals surface area contributed by atoms with Gasteiger partial charge in [0.1, 0.15) is 0 Å². The molecule has 5 heteroatoms. The Morgan fingerprint density at radius 2 is 2.05 bits per heavy atom. The van der Waals surface area contributed by atoms with Crippen molar-refractivity contribution in [3.05, 3.63) is 34.3 Å². The second kappa shape index (κ2) is 8.82. The molecule has 1 aromatic rings. The van der Waals surface area contributed by atoms with Gasteiger partial charge in [-0.3, -0.25) is 9.59 Å². The topological polar surface area (TPSA) is 46.6 Å². The number of ether oxygens (including phenoxy) is 1. The lowest BCUT2D eigenvalue weighted by molar-refractivity contribution is -0.143. The first kappa shape index (κ1) is 17.7. The standard InChI is InChI=1S/C16H22BrNO3/c1-4-12(3)18(10-9-15(19)21-5-2)16(20)13-7-6-8-14(17)11-13/h6-8,11-12H,4-5,9-10H2,1-3H3. The monoisotopic (exact) mass is 355 g/mol. The highest BCUT2D eigenvalue weighted by molar-refractivity contribution is 9.10. The van der Waals surface area contributed by atoms with Crippen LogP contribution in [0.1, 0.15) is 44.0 Å². The van der Waals surface area contributed by atoms with Crippen molar-refractivity contribution in [3.63, 3.8) is 0 Å². The Morgan fingerprint density at radius 1 is 1.33 bits per heavy atom. The maximum atomic E-state index is 12.6. The Kier molecular flexibility index (Phi) is 7.43. The first-order valence-corrected chi connectivity index (χ1v) is 8.01. The molecule has 0 spiro atoms. The summed E-state index contributed by atoms with van der Waals surface area (Å²) in [6.45, 7) is 6.52. The fourth-order valence-corrected chi connectivity index (χ4v) is 2.37. The molecule has 0 N–H and O–H groups in total. The predicted octanol–water partition coefficient (Wildman–Crippen LogP) is 3.64. The molecular formula is C16H22BrNO3. The van der Waals surface area contributed by atoms with Crippen LogP contribution in [0.5, 0.6) is 0 Å². The SMILES string of the molecule is CCOC(=O)CCN(C(=O)c1cccc(Br)c1)C(C)CC. The number of esters is 1. The number of carbonyl (C=O) groups excluding carboxylic acids is 2. The van der Waals surface area contributed by atoms with E-state index in [4.69, 9.17) is 4.74 Å². The van der Waals surface area contributed by atoms with Crippen molar-refractivity contribution in [2.75, 3.05) is 13.2 Å². The van der Waals surface area contributed by atoms with Crippen LogP contribution in [0.4, 0.5) is 0 Å². The van der Waals surface area contributed by atoms with Crippen LogP contribution in [0.15, 0.2) is 28.7 Å². The molecule has 0 aromatic heterocycles. The molecule has 1 amide bonds. The van der Waals surface area contributed by atoms with Crippen LogP contribution < -0.4 is 0 Å². The van der Waals surface area contributed by atoms with Crippen LogP contribution in [0, 0.1) is 0 Å². The molecule has 0 saturated carbocycles. The van der Waals surface area contributed by atoms with E-state index in [9.17, 15) is 9.59 Å². The zero-order valence-electron chi connectivity index (χ0n) is 12.8. The number of rotatable bonds is 7. The minimum atomic E-state index is -0.271. The molecule has 4 nitrogen and oxygen atoms in total. The van der Waals surface area contributed by atoms with Crippen molar-refractivity contribution < 1.29 is 14.3 Å². The average Bonchev–Trinajstić information content (AvgIpc) is 2.47. The molecule has 0 heterocycles. The van der Waals surface area contributed by atoms with Gasteiger partial charge < -0.3 is 9.64 Å². The predicted molar refractivity (Wildman–Crippen MR) is 86.2 cm³/mol. The molecule has 116 valence electrons. The van der Waals surface area contributed by atoms with Gasteiger partial charge in [-0.2, -0.15) is 0 Å². The second-order valence-electron chi connectivity index (χ2n) is 4.82. The summed E-state index contributed by atoms with van der Waals surface area (Å²) in [5, 5.41) is 0. The van der Waals surface area contributed by atoms with Crippen LogP contribution >= 0.6 is 15.9 Å². The lowest BCUT2D eigenvalue weighted by atomic mass is 10.1. The molecule has 1 unspecified atom stereocenters. The van der Waals surface area contributed by atoms with Gasteiger partial charge in [0, 0.05) is 22.6 Å². The molecule has 0 radical (unpaired) electrons. The summed E-state index contributed by atoms with van der Waals surface area (Å²) in [5.41, 5.74) is 0.619. The summed E-state index contributed by atoms with van der Waals surface area (Å²) in [4.78, 5) is 25.9. The maximum absolute atomic E-state index is 12.6. The maximum Gasteiger partial charge on any atom is 0.307 e. The molecule has 0 fully saturated rings. The zero-order valence-corrected chi connectivity index (χ0v) is 14.4. The molecule has 1 atom stereocenters. The van der Waals surface area contributed by atoms with Gasteiger partial charge in [-0.05, 0) is 38.5 Å². The van der Waals surface area contributed by atoms with E-state index < -0.39 is 0 Å². The van der Waals surface area contributed by atoms with Crippen LogP contribution in [0.3, 0.4) is 0 Å². The Bertz CT molecular complexity index is 490. The molecular weight excluding hydrogens is 334 g/mol. The molecule has 0 aliphatic rings. The number of hydrogen-bond donors (Lipinski definition) is 0. The minimum absolute atomic E-state index is 0.0602. The summed E-state index contributed by atoms with van der Waals surface area (Å²) < 4.78 is 5.79. The Balaban J connectivity index is 2.82. The molecule has 1 aromatic carbocycles. The van der Waals surface area contributed by atoms with Gasteiger partial charge in [0.15, 0.2) is 0 Å². The third-order valence-electron chi connectivity index (χ3n) is 3.32. The van der Waals surface area contributed by atoms with E-state index in [1.807, 2.05) is 26.0 Å². The fourth-order valence-electron chi connectivity index (χ4n) is 1.97. The molecule has 0 bridgehead atoms. The first-order valence-electron chi connectivity index (χ1n) is 7.21. The summed E-state index contributed by atoms with van der Waals surface area (Å²) in [6.07, 6.45) is 1.06. The lowest BCUT2D eigenvalue weighted by Gasteiger charge is -2.28. The van der Waals surface area contributed by atoms with E-state index in [0.717, 1.165) is 10.9 Å². The number of carbonyl (C=O) groups is 2. The second-order valence-corrected chi connectivity index (χ2v) is 5.74. The van der Waals surface area contributed by atoms with E-state index in [0.29, 0.717) is 18.7 Å². The number of amides is 1.